The standard InChI is InChI=1S/C6H13I.H4OSi/c1-2-3-4-5-6-7;1-2/h2-6H2,1H3;1H,2H3. The Morgan fingerprint density at radius 2 is 1.78 bits per heavy atom. The minimum Gasteiger partial charge on any atom is -0.442 e. The zero-order valence-corrected chi connectivity index (χ0v) is 10.5. The van der Waals surface area contributed by atoms with Gasteiger partial charge in [0.2, 0.25) is 0 Å². The fourth-order valence-electron chi connectivity index (χ4n) is 0.521. The first-order valence-electron chi connectivity index (χ1n) is 3.42. The van der Waals surface area contributed by atoms with Crippen molar-refractivity contribution < 1.29 is 4.80 Å². The number of rotatable bonds is 4. The second kappa shape index (κ2) is 16.0. The van der Waals surface area contributed by atoms with Crippen LogP contribution in [0.2, 0.25) is 0 Å². The Bertz CT molecular complexity index is 32.2. The Morgan fingerprint density at radius 3 is 2.11 bits per heavy atom. The van der Waals surface area contributed by atoms with Crippen LogP contribution in [-0.4, -0.2) is 19.7 Å². The number of alkyl halides is 1. The zero-order chi connectivity index (χ0) is 7.54. The average molecular weight is 260 g/mol. The highest BCUT2D eigenvalue weighted by molar-refractivity contribution is 14.1. The fraction of sp³-hybridized carbons (Fsp3) is 1.00. The summed E-state index contributed by atoms with van der Waals surface area (Å²) in [6.07, 6.45) is 5.62. The molecular formula is C6H17IOSi. The lowest BCUT2D eigenvalue weighted by atomic mass is 10.2. The predicted molar refractivity (Wildman–Crippen MR) is 55.2 cm³/mol. The number of hydrogen-bond acceptors (Lipinski definition) is 1. The van der Waals surface area contributed by atoms with Crippen molar-refractivity contribution in [1.29, 1.82) is 0 Å². The summed E-state index contributed by atoms with van der Waals surface area (Å²) in [6.45, 7) is 2.24. The van der Waals surface area contributed by atoms with Gasteiger partial charge in [0.05, 0.1) is 0 Å². The summed E-state index contributed by atoms with van der Waals surface area (Å²) < 4.78 is 1.33. The third-order valence-corrected chi connectivity index (χ3v) is 1.75. The normalized spacial score (nSPS) is 8.33. The number of hydrogen-bond donors (Lipinski definition) is 1. The first-order chi connectivity index (χ1) is 4.41. The van der Waals surface area contributed by atoms with E-state index in [0.29, 0.717) is 10.5 Å². The van der Waals surface area contributed by atoms with Crippen LogP contribution in [0.4, 0.5) is 0 Å². The van der Waals surface area contributed by atoms with Gasteiger partial charge in [-0.1, -0.05) is 48.8 Å². The summed E-state index contributed by atoms with van der Waals surface area (Å²) in [5.41, 5.74) is 0. The topological polar surface area (TPSA) is 20.2 Å². The Labute approximate surface area is 74.9 Å². The summed E-state index contributed by atoms with van der Waals surface area (Å²) in [5.74, 6) is 0. The Balaban J connectivity index is 0. The Kier molecular flexibility index (Phi) is 22.3. The van der Waals surface area contributed by atoms with E-state index in [4.69, 9.17) is 4.80 Å². The summed E-state index contributed by atoms with van der Waals surface area (Å²) >= 11 is 2.43. The molecule has 0 saturated heterocycles. The van der Waals surface area contributed by atoms with Crippen LogP contribution in [0.5, 0.6) is 0 Å². The molecule has 0 unspecified atom stereocenters. The molecule has 0 radical (unpaired) electrons. The van der Waals surface area contributed by atoms with Gasteiger partial charge >= 0.3 is 0 Å². The van der Waals surface area contributed by atoms with Crippen LogP contribution in [0.3, 0.4) is 0 Å². The van der Waals surface area contributed by atoms with E-state index in [9.17, 15) is 0 Å². The molecular weight excluding hydrogens is 243 g/mol. The van der Waals surface area contributed by atoms with Gasteiger partial charge in [0, 0.05) is 0 Å². The maximum Gasteiger partial charge on any atom is 0.141 e. The third-order valence-electron chi connectivity index (χ3n) is 0.987. The minimum absolute atomic E-state index is 0.306. The van der Waals surface area contributed by atoms with Crippen LogP contribution in [0.25, 0.3) is 0 Å². The largest absolute Gasteiger partial charge is 0.442 e. The molecule has 0 atom stereocenters. The van der Waals surface area contributed by atoms with Gasteiger partial charge < -0.3 is 4.80 Å². The van der Waals surface area contributed by atoms with E-state index in [0.717, 1.165) is 0 Å². The molecule has 1 N–H and O–H groups in total. The molecule has 0 spiro atoms. The van der Waals surface area contributed by atoms with Crippen LogP contribution in [0.1, 0.15) is 32.6 Å². The second-order valence-corrected chi connectivity index (χ2v) is 2.83. The van der Waals surface area contributed by atoms with Crippen LogP contribution in [0.15, 0.2) is 0 Å². The monoisotopic (exact) mass is 260 g/mol. The number of unbranched alkanes of at least 4 members (excludes halogenated alkanes) is 3. The van der Waals surface area contributed by atoms with Gasteiger partial charge in [-0.15, -0.1) is 0 Å². The lowest BCUT2D eigenvalue weighted by Crippen LogP contribution is -1.73. The predicted octanol–water partition coefficient (Wildman–Crippen LogP) is 1.26. The molecule has 0 aromatic rings. The molecule has 0 rings (SSSR count). The van der Waals surface area contributed by atoms with Crippen molar-refractivity contribution in [2.75, 3.05) is 4.43 Å². The van der Waals surface area contributed by atoms with E-state index < -0.39 is 0 Å². The summed E-state index contributed by atoms with van der Waals surface area (Å²) in [5, 5.41) is 0. The Hall–Kier alpha value is 0.907. The van der Waals surface area contributed by atoms with Crippen LogP contribution in [0, 0.1) is 0 Å². The van der Waals surface area contributed by atoms with Crippen molar-refractivity contribution >= 4 is 33.1 Å². The second-order valence-electron chi connectivity index (χ2n) is 1.75. The molecule has 0 fully saturated rings. The number of halogens is 1. The third kappa shape index (κ3) is 17.6. The van der Waals surface area contributed by atoms with Crippen LogP contribution >= 0.6 is 22.6 Å². The lowest BCUT2D eigenvalue weighted by molar-refractivity contribution is 0.629. The maximum absolute atomic E-state index is 7.14. The van der Waals surface area contributed by atoms with Gasteiger partial charge in [-0.05, 0) is 10.8 Å². The molecule has 9 heavy (non-hydrogen) atoms. The highest BCUT2D eigenvalue weighted by Crippen LogP contribution is 2.00. The van der Waals surface area contributed by atoms with Gasteiger partial charge in [-0.2, -0.15) is 0 Å². The molecule has 0 aliphatic carbocycles. The fourth-order valence-corrected chi connectivity index (χ4v) is 1.06. The summed E-state index contributed by atoms with van der Waals surface area (Å²) in [7, 11) is 0.306. The Morgan fingerprint density at radius 1 is 1.22 bits per heavy atom. The van der Waals surface area contributed by atoms with Crippen molar-refractivity contribution in [2.24, 2.45) is 0 Å². The molecule has 58 valence electrons. The van der Waals surface area contributed by atoms with Gasteiger partial charge in [-0.3, -0.25) is 0 Å². The maximum atomic E-state index is 7.14. The van der Waals surface area contributed by atoms with Gasteiger partial charge in [0.25, 0.3) is 0 Å². The van der Waals surface area contributed by atoms with Gasteiger partial charge in [-0.25, -0.2) is 0 Å². The first kappa shape index (κ1) is 12.6. The van der Waals surface area contributed by atoms with Crippen LogP contribution < -0.4 is 0 Å². The molecule has 1 nitrogen and oxygen atoms in total. The van der Waals surface area contributed by atoms with Gasteiger partial charge in [0.1, 0.15) is 10.5 Å². The molecule has 0 aromatic heterocycles. The summed E-state index contributed by atoms with van der Waals surface area (Å²) in [6, 6.07) is 0. The molecule has 0 aliphatic rings. The van der Waals surface area contributed by atoms with E-state index in [2.05, 4.69) is 29.5 Å². The van der Waals surface area contributed by atoms with E-state index >= 15 is 0 Å². The lowest BCUT2D eigenvalue weighted by Gasteiger charge is -1.89. The first-order valence-corrected chi connectivity index (χ1v) is 5.84. The highest BCUT2D eigenvalue weighted by Gasteiger charge is 1.80. The van der Waals surface area contributed by atoms with Crippen molar-refractivity contribution in [3.63, 3.8) is 0 Å². The minimum atomic E-state index is 0.306. The zero-order valence-electron chi connectivity index (χ0n) is 6.36. The highest BCUT2D eigenvalue weighted by atomic mass is 127. The van der Waals surface area contributed by atoms with Gasteiger partial charge in [0.15, 0.2) is 0 Å². The van der Waals surface area contributed by atoms with E-state index in [1.165, 1.54) is 30.1 Å². The SMILES string of the molecule is CCCCCCI.O[SiH3]. The molecule has 0 aromatic carbocycles. The van der Waals surface area contributed by atoms with E-state index in [1.54, 1.807) is 0 Å². The quantitative estimate of drug-likeness (QED) is 0.349. The molecule has 0 heterocycles. The van der Waals surface area contributed by atoms with Crippen molar-refractivity contribution in [3.8, 4) is 0 Å². The average Bonchev–Trinajstić information content (AvgIpc) is 1.94. The molecule has 3 heteroatoms. The van der Waals surface area contributed by atoms with Crippen molar-refractivity contribution in [1.82, 2.24) is 0 Å². The van der Waals surface area contributed by atoms with E-state index in [-0.39, 0.29) is 0 Å². The van der Waals surface area contributed by atoms with Crippen molar-refractivity contribution in [2.45, 2.75) is 32.6 Å². The molecule has 0 aliphatic heterocycles. The van der Waals surface area contributed by atoms with Crippen molar-refractivity contribution in [3.05, 3.63) is 0 Å². The van der Waals surface area contributed by atoms with E-state index in [1.807, 2.05) is 0 Å². The summed E-state index contributed by atoms with van der Waals surface area (Å²) in [4.78, 5) is 7.14. The molecule has 0 bridgehead atoms. The van der Waals surface area contributed by atoms with Crippen LogP contribution in [-0.2, 0) is 0 Å². The molecule has 0 amide bonds. The molecule has 0 saturated carbocycles. The smallest absolute Gasteiger partial charge is 0.141 e.